The summed E-state index contributed by atoms with van der Waals surface area (Å²) in [5.74, 6) is -2.13. The zero-order valence-corrected chi connectivity index (χ0v) is 14.6. The van der Waals surface area contributed by atoms with E-state index in [1.54, 1.807) is 0 Å². The average molecular weight is 373 g/mol. The number of hydrogen-bond acceptors (Lipinski definition) is 4. The number of aliphatic carboxylic acids is 1. The number of piperidine rings is 1. The van der Waals surface area contributed by atoms with E-state index in [9.17, 15) is 23.9 Å². The van der Waals surface area contributed by atoms with Crippen LogP contribution >= 0.6 is 0 Å². The van der Waals surface area contributed by atoms with E-state index in [2.05, 4.69) is 10.3 Å². The molecule has 1 amide bonds. The largest absolute Gasteiger partial charge is 0.480 e. The molecule has 0 saturated carbocycles. The minimum Gasteiger partial charge on any atom is -0.480 e. The van der Waals surface area contributed by atoms with Crippen LogP contribution < -0.4 is 10.9 Å². The fourth-order valence-electron chi connectivity index (χ4n) is 4.37. The Bertz CT molecular complexity index is 981. The maximum atomic E-state index is 13.7. The van der Waals surface area contributed by atoms with Gasteiger partial charge in [0.2, 0.25) is 5.56 Å². The molecule has 1 aromatic heterocycles. The molecule has 2 saturated heterocycles. The first-order chi connectivity index (χ1) is 12.9. The fraction of sp³-hybridized carbons (Fsp3) is 0.421. The monoisotopic (exact) mass is 373 g/mol. The lowest BCUT2D eigenvalue weighted by Crippen LogP contribution is -2.42. The number of benzene rings is 1. The van der Waals surface area contributed by atoms with Gasteiger partial charge in [0.05, 0.1) is 5.56 Å². The molecule has 2 aliphatic rings. The predicted octanol–water partition coefficient (Wildman–Crippen LogP) is 1.34. The van der Waals surface area contributed by atoms with Crippen molar-refractivity contribution in [3.63, 3.8) is 0 Å². The van der Waals surface area contributed by atoms with Gasteiger partial charge in [0, 0.05) is 23.5 Å². The van der Waals surface area contributed by atoms with E-state index >= 15 is 0 Å². The molecule has 3 heterocycles. The number of fused-ring (bicyclic) bond motifs is 1. The molecule has 142 valence electrons. The van der Waals surface area contributed by atoms with E-state index < -0.39 is 29.3 Å². The normalized spacial score (nSPS) is 21.7. The highest BCUT2D eigenvalue weighted by Crippen LogP contribution is 2.42. The molecular weight excluding hydrogens is 353 g/mol. The van der Waals surface area contributed by atoms with Crippen LogP contribution in [0.2, 0.25) is 0 Å². The molecule has 0 unspecified atom stereocenters. The third-order valence-electron chi connectivity index (χ3n) is 5.75. The van der Waals surface area contributed by atoms with Gasteiger partial charge in [-0.2, -0.15) is 0 Å². The molecule has 2 aromatic rings. The minimum absolute atomic E-state index is 0.0329. The van der Waals surface area contributed by atoms with E-state index in [1.165, 1.54) is 23.1 Å². The number of carbonyl (C=O) groups is 2. The summed E-state index contributed by atoms with van der Waals surface area (Å²) in [6.45, 7) is 1.90. The SMILES string of the molecule is O=C(O)[C@@H]1CC2(CCNCC2)CN1C(=O)c1cc(=O)[nH]c2ccc(F)cc12. The van der Waals surface area contributed by atoms with Gasteiger partial charge in [-0.3, -0.25) is 9.59 Å². The lowest BCUT2D eigenvalue weighted by Gasteiger charge is -2.33. The number of hydrogen-bond donors (Lipinski definition) is 3. The summed E-state index contributed by atoms with van der Waals surface area (Å²) in [7, 11) is 0. The number of halogens is 1. The average Bonchev–Trinajstić information content (AvgIpc) is 3.00. The maximum Gasteiger partial charge on any atom is 0.326 e. The molecule has 27 heavy (non-hydrogen) atoms. The van der Waals surface area contributed by atoms with Gasteiger partial charge < -0.3 is 20.3 Å². The maximum absolute atomic E-state index is 13.7. The van der Waals surface area contributed by atoms with Crippen molar-refractivity contribution in [2.24, 2.45) is 5.41 Å². The summed E-state index contributed by atoms with van der Waals surface area (Å²) in [6, 6.07) is 3.96. The van der Waals surface area contributed by atoms with Crippen molar-refractivity contribution in [1.29, 1.82) is 0 Å². The van der Waals surface area contributed by atoms with E-state index in [0.29, 0.717) is 18.5 Å². The number of likely N-dealkylation sites (tertiary alicyclic amines) is 1. The van der Waals surface area contributed by atoms with E-state index in [-0.39, 0.29) is 16.4 Å². The minimum atomic E-state index is -1.06. The van der Waals surface area contributed by atoms with Crippen molar-refractivity contribution in [2.75, 3.05) is 19.6 Å². The molecule has 4 rings (SSSR count). The van der Waals surface area contributed by atoms with Gasteiger partial charge in [0.25, 0.3) is 5.91 Å². The Hall–Kier alpha value is -2.74. The Morgan fingerprint density at radius 1 is 1.22 bits per heavy atom. The van der Waals surface area contributed by atoms with Crippen molar-refractivity contribution in [3.8, 4) is 0 Å². The third kappa shape index (κ3) is 3.10. The van der Waals surface area contributed by atoms with Crippen molar-refractivity contribution < 1.29 is 19.1 Å². The van der Waals surface area contributed by atoms with Crippen molar-refractivity contribution in [3.05, 3.63) is 46.0 Å². The van der Waals surface area contributed by atoms with Crippen molar-refractivity contribution >= 4 is 22.8 Å². The predicted molar refractivity (Wildman–Crippen MR) is 96.1 cm³/mol. The highest BCUT2D eigenvalue weighted by atomic mass is 19.1. The van der Waals surface area contributed by atoms with Crippen LogP contribution in [0, 0.1) is 11.2 Å². The molecule has 7 nitrogen and oxygen atoms in total. The summed E-state index contributed by atoms with van der Waals surface area (Å²) in [4.78, 5) is 40.9. The molecule has 0 aliphatic carbocycles. The van der Waals surface area contributed by atoms with Crippen LogP contribution in [-0.4, -0.2) is 52.5 Å². The summed E-state index contributed by atoms with van der Waals surface area (Å²) >= 11 is 0. The first-order valence-corrected chi connectivity index (χ1v) is 8.96. The number of aromatic nitrogens is 1. The highest BCUT2D eigenvalue weighted by Gasteiger charge is 2.49. The fourth-order valence-corrected chi connectivity index (χ4v) is 4.37. The molecule has 2 aliphatic heterocycles. The zero-order valence-electron chi connectivity index (χ0n) is 14.6. The topological polar surface area (TPSA) is 102 Å². The molecule has 0 radical (unpaired) electrons. The van der Waals surface area contributed by atoms with Crippen LogP contribution in [0.5, 0.6) is 0 Å². The summed E-state index contributed by atoms with van der Waals surface area (Å²) < 4.78 is 13.7. The molecule has 1 aromatic carbocycles. The van der Waals surface area contributed by atoms with Gasteiger partial charge in [-0.05, 0) is 56.0 Å². The molecule has 0 bridgehead atoms. The molecule has 1 atom stereocenters. The van der Waals surface area contributed by atoms with Crippen LogP contribution in [0.3, 0.4) is 0 Å². The molecule has 8 heteroatoms. The number of pyridine rings is 1. The number of carboxylic acid groups (broad SMARTS) is 1. The number of amides is 1. The van der Waals surface area contributed by atoms with E-state index in [0.717, 1.165) is 32.0 Å². The van der Waals surface area contributed by atoms with Crippen LogP contribution in [-0.2, 0) is 4.79 Å². The second kappa shape index (κ2) is 6.45. The van der Waals surface area contributed by atoms with Gasteiger partial charge in [-0.25, -0.2) is 9.18 Å². The standard InChI is InChI=1S/C19H20FN3O4/c20-11-1-2-14-12(7-11)13(8-16(24)22-14)17(25)23-10-19(3-5-21-6-4-19)9-15(23)18(26)27/h1-2,7-8,15,21H,3-6,9-10H2,(H,22,24)(H,26,27)/t15-/m0/s1. The molecule has 1 spiro atoms. The summed E-state index contributed by atoms with van der Waals surface area (Å²) in [6.07, 6.45) is 1.99. The number of rotatable bonds is 2. The lowest BCUT2D eigenvalue weighted by molar-refractivity contribution is -0.141. The first kappa shape index (κ1) is 17.7. The zero-order chi connectivity index (χ0) is 19.2. The highest BCUT2D eigenvalue weighted by molar-refractivity contribution is 6.07. The van der Waals surface area contributed by atoms with Crippen LogP contribution in [0.15, 0.2) is 29.1 Å². The van der Waals surface area contributed by atoms with Gasteiger partial charge in [-0.1, -0.05) is 0 Å². The molecule has 3 N–H and O–H groups in total. The Morgan fingerprint density at radius 3 is 2.67 bits per heavy atom. The number of H-pyrrole nitrogens is 1. The van der Waals surface area contributed by atoms with Gasteiger partial charge in [0.1, 0.15) is 11.9 Å². The van der Waals surface area contributed by atoms with Crippen molar-refractivity contribution in [1.82, 2.24) is 15.2 Å². The quantitative estimate of drug-likeness (QED) is 0.737. The number of aromatic amines is 1. The van der Waals surface area contributed by atoms with E-state index in [4.69, 9.17) is 0 Å². The Labute approximate surface area is 154 Å². The Kier molecular flexibility index (Phi) is 4.22. The molecular formula is C19H20FN3O4. The summed E-state index contributed by atoms with van der Waals surface area (Å²) in [5, 5.41) is 13.2. The second-order valence-corrected chi connectivity index (χ2v) is 7.48. The number of carbonyl (C=O) groups excluding carboxylic acids is 1. The van der Waals surface area contributed by atoms with Crippen LogP contribution in [0.4, 0.5) is 4.39 Å². The van der Waals surface area contributed by atoms with Crippen LogP contribution in [0.25, 0.3) is 10.9 Å². The van der Waals surface area contributed by atoms with Gasteiger partial charge in [0.15, 0.2) is 0 Å². The van der Waals surface area contributed by atoms with Gasteiger partial charge >= 0.3 is 5.97 Å². The lowest BCUT2D eigenvalue weighted by atomic mass is 9.77. The number of nitrogens with one attached hydrogen (secondary N) is 2. The van der Waals surface area contributed by atoms with Crippen molar-refractivity contribution in [2.45, 2.75) is 25.3 Å². The molecule has 2 fully saturated rings. The summed E-state index contributed by atoms with van der Waals surface area (Å²) in [5.41, 5.74) is -0.341. The van der Waals surface area contributed by atoms with E-state index in [1.807, 2.05) is 0 Å². The number of nitrogens with zero attached hydrogens (tertiary/aromatic N) is 1. The Balaban J connectivity index is 1.77. The second-order valence-electron chi connectivity index (χ2n) is 7.48. The smallest absolute Gasteiger partial charge is 0.326 e. The number of carboxylic acids is 1. The first-order valence-electron chi connectivity index (χ1n) is 8.96. The third-order valence-corrected chi connectivity index (χ3v) is 5.75. The Morgan fingerprint density at radius 2 is 1.96 bits per heavy atom. The van der Waals surface area contributed by atoms with Gasteiger partial charge in [-0.15, -0.1) is 0 Å². The van der Waals surface area contributed by atoms with Crippen LogP contribution in [0.1, 0.15) is 29.6 Å².